The van der Waals surface area contributed by atoms with Crippen molar-refractivity contribution < 1.29 is 8.42 Å². The van der Waals surface area contributed by atoms with E-state index in [1.165, 1.54) is 6.26 Å². The normalized spacial score (nSPS) is 10.8. The molecule has 2 rings (SSSR count). The lowest BCUT2D eigenvalue weighted by atomic mass is 10.1. The Morgan fingerprint density at radius 1 is 1.00 bits per heavy atom. The molecule has 0 aliphatic carbocycles. The summed E-state index contributed by atoms with van der Waals surface area (Å²) in [6, 6.07) is 11.2. The van der Waals surface area contributed by atoms with Gasteiger partial charge in [0.05, 0.1) is 4.90 Å². The first-order chi connectivity index (χ1) is 7.98. The van der Waals surface area contributed by atoms with Crippen molar-refractivity contribution in [2.24, 2.45) is 0 Å². The molecule has 0 unspecified atom stereocenters. The van der Waals surface area contributed by atoms with E-state index in [1.54, 1.807) is 6.07 Å². The van der Waals surface area contributed by atoms with Gasteiger partial charge in [-0.3, -0.25) is 0 Å². The Hall–Kier alpha value is -1.35. The number of hydrogen-bond donors (Lipinski definition) is 0. The minimum atomic E-state index is -3.15. The van der Waals surface area contributed by atoms with Gasteiger partial charge in [0.25, 0.3) is 0 Å². The summed E-state index contributed by atoms with van der Waals surface area (Å²) in [4.78, 5) is 0.415. The zero-order chi connectivity index (χ0) is 13.1. The van der Waals surface area contributed by atoms with Crippen LogP contribution in [0.4, 0.5) is 0 Å². The van der Waals surface area contributed by atoms with Gasteiger partial charge in [0.15, 0.2) is 9.84 Å². The minimum Gasteiger partial charge on any atom is -0.224 e. The summed E-state index contributed by atoms with van der Waals surface area (Å²) in [5.41, 5.74) is 0.967. The van der Waals surface area contributed by atoms with Crippen LogP contribution >= 0.6 is 0 Å². The maximum atomic E-state index is 11.6. The third-order valence-electron chi connectivity index (χ3n) is 2.37. The highest BCUT2D eigenvalue weighted by Crippen LogP contribution is 2.24. The maximum Gasteiger partial charge on any atom is 0.176 e. The summed E-state index contributed by atoms with van der Waals surface area (Å²) in [5, 5.41) is 1.77. The fourth-order valence-electron chi connectivity index (χ4n) is 1.73. The van der Waals surface area contributed by atoms with Gasteiger partial charge in [-0.1, -0.05) is 44.2 Å². The van der Waals surface area contributed by atoms with Crippen molar-refractivity contribution in [2.45, 2.75) is 25.7 Å². The average Bonchev–Trinajstić information content (AvgIpc) is 2.29. The van der Waals surface area contributed by atoms with Gasteiger partial charge in [-0.15, -0.1) is 0 Å². The van der Waals surface area contributed by atoms with Gasteiger partial charge >= 0.3 is 0 Å². The molecule has 0 N–H and O–H groups in total. The van der Waals surface area contributed by atoms with Gasteiger partial charge in [0, 0.05) is 11.6 Å². The molecule has 0 atom stereocenters. The maximum absolute atomic E-state index is 11.6. The molecule has 0 fully saturated rings. The second-order valence-electron chi connectivity index (χ2n) is 3.76. The molecule has 92 valence electrons. The summed E-state index contributed by atoms with van der Waals surface area (Å²) in [5.74, 6) is 0. The van der Waals surface area contributed by atoms with E-state index in [1.807, 2.05) is 51.1 Å². The average molecular weight is 250 g/mol. The molecular weight excluding hydrogens is 232 g/mol. The van der Waals surface area contributed by atoms with E-state index in [4.69, 9.17) is 0 Å². The van der Waals surface area contributed by atoms with E-state index in [0.717, 1.165) is 16.3 Å². The largest absolute Gasteiger partial charge is 0.224 e. The van der Waals surface area contributed by atoms with Crippen LogP contribution in [-0.4, -0.2) is 14.7 Å². The number of benzene rings is 2. The molecule has 0 heterocycles. The number of rotatable bonds is 1. The van der Waals surface area contributed by atoms with Crippen molar-refractivity contribution in [3.63, 3.8) is 0 Å². The molecule has 0 aromatic heterocycles. The zero-order valence-corrected chi connectivity index (χ0v) is 11.5. The van der Waals surface area contributed by atoms with Gasteiger partial charge in [-0.25, -0.2) is 8.42 Å². The number of sulfone groups is 1. The van der Waals surface area contributed by atoms with Crippen LogP contribution in [0.1, 0.15) is 19.4 Å². The van der Waals surface area contributed by atoms with E-state index in [9.17, 15) is 8.42 Å². The molecule has 0 amide bonds. The van der Waals surface area contributed by atoms with Crippen molar-refractivity contribution in [1.29, 1.82) is 0 Å². The van der Waals surface area contributed by atoms with Gasteiger partial charge < -0.3 is 0 Å². The molecule has 0 aliphatic rings. The van der Waals surface area contributed by atoms with Gasteiger partial charge in [-0.2, -0.15) is 0 Å². The first-order valence-electron chi connectivity index (χ1n) is 5.68. The van der Waals surface area contributed by atoms with Crippen molar-refractivity contribution in [3.05, 3.63) is 42.0 Å². The molecule has 3 heteroatoms. The summed E-state index contributed by atoms with van der Waals surface area (Å²) >= 11 is 0. The SMILES string of the molecule is CC.Cc1cc(S(C)(=O)=O)c2ccccc2c1. The first-order valence-corrected chi connectivity index (χ1v) is 7.57. The summed E-state index contributed by atoms with van der Waals surface area (Å²) in [6.07, 6.45) is 1.24. The molecule has 0 radical (unpaired) electrons. The van der Waals surface area contributed by atoms with E-state index in [-0.39, 0.29) is 0 Å². The molecule has 17 heavy (non-hydrogen) atoms. The molecular formula is C14H18O2S. The minimum absolute atomic E-state index is 0.415. The Bertz CT molecular complexity index is 613. The quantitative estimate of drug-likeness (QED) is 0.775. The molecule has 0 spiro atoms. The van der Waals surface area contributed by atoms with Crippen LogP contribution in [0.15, 0.2) is 41.3 Å². The third-order valence-corrected chi connectivity index (χ3v) is 3.50. The van der Waals surface area contributed by atoms with Crippen LogP contribution in [0, 0.1) is 6.92 Å². The van der Waals surface area contributed by atoms with E-state index in [2.05, 4.69) is 0 Å². The lowest BCUT2D eigenvalue weighted by molar-refractivity contribution is 0.602. The van der Waals surface area contributed by atoms with Crippen LogP contribution in [0.5, 0.6) is 0 Å². The zero-order valence-electron chi connectivity index (χ0n) is 10.7. The van der Waals surface area contributed by atoms with Crippen molar-refractivity contribution in [1.82, 2.24) is 0 Å². The fourth-order valence-corrected chi connectivity index (χ4v) is 2.71. The predicted molar refractivity (Wildman–Crippen MR) is 73.1 cm³/mol. The van der Waals surface area contributed by atoms with Crippen LogP contribution in [0.25, 0.3) is 10.8 Å². The standard InChI is InChI=1S/C12H12O2S.C2H6/c1-9-7-10-5-3-4-6-11(10)12(8-9)15(2,13)14;1-2/h3-8H,1-2H3;1-2H3. The molecule has 2 aromatic carbocycles. The molecule has 2 nitrogen and oxygen atoms in total. The summed E-state index contributed by atoms with van der Waals surface area (Å²) in [7, 11) is -3.15. The van der Waals surface area contributed by atoms with Crippen molar-refractivity contribution >= 4 is 20.6 Å². The van der Waals surface area contributed by atoms with Gasteiger partial charge in [0.2, 0.25) is 0 Å². The fraction of sp³-hybridized carbons (Fsp3) is 0.286. The van der Waals surface area contributed by atoms with E-state index >= 15 is 0 Å². The monoisotopic (exact) mass is 250 g/mol. The third kappa shape index (κ3) is 3.07. The highest BCUT2D eigenvalue weighted by molar-refractivity contribution is 7.91. The Morgan fingerprint density at radius 2 is 1.59 bits per heavy atom. The van der Waals surface area contributed by atoms with Gasteiger partial charge in [-0.05, 0) is 23.9 Å². The topological polar surface area (TPSA) is 34.1 Å². The van der Waals surface area contributed by atoms with Crippen LogP contribution in [0.2, 0.25) is 0 Å². The van der Waals surface area contributed by atoms with Crippen LogP contribution in [0.3, 0.4) is 0 Å². The van der Waals surface area contributed by atoms with Crippen LogP contribution < -0.4 is 0 Å². The second-order valence-corrected chi connectivity index (χ2v) is 5.74. The molecule has 0 aliphatic heterocycles. The number of hydrogen-bond acceptors (Lipinski definition) is 2. The summed E-state index contributed by atoms with van der Waals surface area (Å²) in [6.45, 7) is 5.90. The molecule has 0 bridgehead atoms. The highest BCUT2D eigenvalue weighted by Gasteiger charge is 2.11. The summed E-state index contributed by atoms with van der Waals surface area (Å²) < 4.78 is 23.2. The molecule has 2 aromatic rings. The number of aryl methyl sites for hydroxylation is 1. The van der Waals surface area contributed by atoms with Crippen molar-refractivity contribution in [2.75, 3.05) is 6.26 Å². The molecule has 0 saturated carbocycles. The molecule has 0 saturated heterocycles. The lowest BCUT2D eigenvalue weighted by Crippen LogP contribution is -1.98. The van der Waals surface area contributed by atoms with E-state index < -0.39 is 9.84 Å². The second kappa shape index (κ2) is 5.32. The predicted octanol–water partition coefficient (Wildman–Crippen LogP) is 3.58. The smallest absolute Gasteiger partial charge is 0.176 e. The Labute approximate surface area is 103 Å². The Balaban J connectivity index is 0.000000686. The lowest BCUT2D eigenvalue weighted by Gasteiger charge is -2.06. The van der Waals surface area contributed by atoms with Crippen LogP contribution in [-0.2, 0) is 9.84 Å². The Morgan fingerprint density at radius 3 is 2.18 bits per heavy atom. The first kappa shape index (κ1) is 13.7. The number of fused-ring (bicyclic) bond motifs is 1. The highest BCUT2D eigenvalue weighted by atomic mass is 32.2. The van der Waals surface area contributed by atoms with Crippen molar-refractivity contribution in [3.8, 4) is 0 Å². The Kier molecular flexibility index (Phi) is 4.29. The van der Waals surface area contributed by atoms with E-state index in [0.29, 0.717) is 4.90 Å². The van der Waals surface area contributed by atoms with Gasteiger partial charge in [0.1, 0.15) is 0 Å².